The van der Waals surface area contributed by atoms with Crippen LogP contribution in [0.2, 0.25) is 0 Å². The van der Waals surface area contributed by atoms with E-state index in [4.69, 9.17) is 10.5 Å². The first-order valence-corrected chi connectivity index (χ1v) is 6.35. The molecule has 19 heavy (non-hydrogen) atoms. The lowest BCUT2D eigenvalue weighted by atomic mass is 9.89. The summed E-state index contributed by atoms with van der Waals surface area (Å²) >= 11 is 0. The van der Waals surface area contributed by atoms with Crippen LogP contribution in [0, 0.1) is 11.8 Å². The molecule has 0 bridgehead atoms. The van der Waals surface area contributed by atoms with E-state index in [9.17, 15) is 4.79 Å². The maximum absolute atomic E-state index is 12.0. The van der Waals surface area contributed by atoms with Crippen molar-refractivity contribution in [2.75, 3.05) is 13.7 Å². The fourth-order valence-corrected chi connectivity index (χ4v) is 2.00. The topological polar surface area (TPSA) is 64.3 Å². The Balaban J connectivity index is 1.89. The monoisotopic (exact) mass is 258 g/mol. The first-order valence-electron chi connectivity index (χ1n) is 6.35. The molecule has 0 atom stereocenters. The van der Waals surface area contributed by atoms with Gasteiger partial charge in [0.1, 0.15) is 0 Å². The molecule has 1 aromatic rings. The molecule has 0 saturated heterocycles. The average molecular weight is 258 g/mol. The van der Waals surface area contributed by atoms with Crippen molar-refractivity contribution in [2.24, 2.45) is 5.73 Å². The molecule has 100 valence electrons. The van der Waals surface area contributed by atoms with Crippen molar-refractivity contribution >= 4 is 5.91 Å². The summed E-state index contributed by atoms with van der Waals surface area (Å²) in [5.41, 5.74) is 6.82. The third-order valence-corrected chi connectivity index (χ3v) is 3.25. The van der Waals surface area contributed by atoms with Crippen LogP contribution in [-0.2, 0) is 4.74 Å². The van der Waals surface area contributed by atoms with Gasteiger partial charge in [-0.1, -0.05) is 11.8 Å². The van der Waals surface area contributed by atoms with Gasteiger partial charge >= 0.3 is 0 Å². The van der Waals surface area contributed by atoms with Gasteiger partial charge in [-0.15, -0.1) is 0 Å². The van der Waals surface area contributed by atoms with Crippen molar-refractivity contribution in [3.05, 3.63) is 35.4 Å². The minimum Gasteiger partial charge on any atom is -0.381 e. The lowest BCUT2D eigenvalue weighted by Gasteiger charge is -2.34. The molecule has 0 spiro atoms. The molecule has 3 N–H and O–H groups in total. The molecule has 2 rings (SSSR count). The highest BCUT2D eigenvalue weighted by Crippen LogP contribution is 2.22. The predicted octanol–water partition coefficient (Wildman–Crippen LogP) is 0.904. The highest BCUT2D eigenvalue weighted by Gasteiger charge is 2.30. The molecule has 1 saturated carbocycles. The number of carbonyl (C=O) groups is 1. The average Bonchev–Trinajstić information content (AvgIpc) is 2.40. The normalized spacial score (nSPS) is 20.9. The Hall–Kier alpha value is -1.83. The molecule has 0 aromatic heterocycles. The summed E-state index contributed by atoms with van der Waals surface area (Å²) in [6.07, 6.45) is 2.07. The summed E-state index contributed by atoms with van der Waals surface area (Å²) in [5, 5.41) is 2.98. The largest absolute Gasteiger partial charge is 0.381 e. The summed E-state index contributed by atoms with van der Waals surface area (Å²) in [7, 11) is 1.70. The van der Waals surface area contributed by atoms with E-state index in [-0.39, 0.29) is 11.9 Å². The van der Waals surface area contributed by atoms with E-state index in [1.54, 1.807) is 19.2 Å². The van der Waals surface area contributed by atoms with Crippen molar-refractivity contribution in [3.8, 4) is 11.8 Å². The number of rotatable bonds is 3. The Morgan fingerprint density at radius 1 is 1.42 bits per heavy atom. The van der Waals surface area contributed by atoms with Gasteiger partial charge in [0.05, 0.1) is 12.6 Å². The Morgan fingerprint density at radius 3 is 2.68 bits per heavy atom. The molecule has 4 heteroatoms. The van der Waals surface area contributed by atoms with Gasteiger partial charge in [-0.25, -0.2) is 0 Å². The zero-order valence-corrected chi connectivity index (χ0v) is 11.0. The number of amides is 1. The van der Waals surface area contributed by atoms with Crippen LogP contribution in [0.5, 0.6) is 0 Å². The molecule has 0 unspecified atom stereocenters. The van der Waals surface area contributed by atoms with Gasteiger partial charge in [0, 0.05) is 24.3 Å². The van der Waals surface area contributed by atoms with Gasteiger partial charge in [0.25, 0.3) is 5.91 Å². The second-order valence-electron chi connectivity index (χ2n) is 4.58. The van der Waals surface area contributed by atoms with Crippen LogP contribution in [-0.4, -0.2) is 31.7 Å². The Labute approximate surface area is 113 Å². The first-order chi connectivity index (χ1) is 9.22. The lowest BCUT2D eigenvalue weighted by molar-refractivity contribution is 0.0176. The maximum atomic E-state index is 12.0. The van der Waals surface area contributed by atoms with Crippen molar-refractivity contribution in [1.82, 2.24) is 5.32 Å². The predicted molar refractivity (Wildman–Crippen MR) is 73.7 cm³/mol. The molecular weight excluding hydrogens is 240 g/mol. The van der Waals surface area contributed by atoms with E-state index in [0.717, 1.165) is 18.4 Å². The minimum atomic E-state index is -0.0436. The van der Waals surface area contributed by atoms with Crippen molar-refractivity contribution in [3.63, 3.8) is 0 Å². The van der Waals surface area contributed by atoms with E-state index in [1.165, 1.54) is 0 Å². The van der Waals surface area contributed by atoms with E-state index in [1.807, 2.05) is 12.1 Å². The Morgan fingerprint density at radius 2 is 2.11 bits per heavy atom. The number of hydrogen-bond donors (Lipinski definition) is 2. The molecular formula is C15H18N2O2. The van der Waals surface area contributed by atoms with Gasteiger partial charge in [-0.2, -0.15) is 0 Å². The highest BCUT2D eigenvalue weighted by molar-refractivity contribution is 5.94. The van der Waals surface area contributed by atoms with Gasteiger partial charge < -0.3 is 15.8 Å². The number of nitrogens with two attached hydrogens (primary N) is 1. The van der Waals surface area contributed by atoms with Crippen molar-refractivity contribution < 1.29 is 9.53 Å². The standard InChI is InChI=1S/C15H18N2O2/c1-19-14-9-13(10-14)17-15(18)12-6-4-11(5-7-12)3-2-8-16/h4-7,13-14H,8-10,16H2,1H3,(H,17,18). The van der Waals surface area contributed by atoms with Crippen LogP contribution in [0.15, 0.2) is 24.3 Å². The Kier molecular flexibility index (Phi) is 4.56. The summed E-state index contributed by atoms with van der Waals surface area (Å²) in [6.45, 7) is 0.338. The van der Waals surface area contributed by atoms with Gasteiger partial charge in [-0.05, 0) is 37.1 Å². The van der Waals surface area contributed by atoms with Crippen molar-refractivity contribution in [1.29, 1.82) is 0 Å². The fraction of sp³-hybridized carbons (Fsp3) is 0.400. The molecule has 1 aliphatic carbocycles. The van der Waals surface area contributed by atoms with Gasteiger partial charge in [0.15, 0.2) is 0 Å². The van der Waals surface area contributed by atoms with Crippen LogP contribution >= 0.6 is 0 Å². The third-order valence-electron chi connectivity index (χ3n) is 3.25. The molecule has 1 aromatic carbocycles. The van der Waals surface area contributed by atoms with Gasteiger partial charge in [-0.3, -0.25) is 4.79 Å². The van der Waals surface area contributed by atoms with Crippen molar-refractivity contribution in [2.45, 2.75) is 25.0 Å². The molecule has 1 aliphatic rings. The summed E-state index contributed by atoms with van der Waals surface area (Å²) in [4.78, 5) is 12.0. The van der Waals surface area contributed by atoms with Crippen LogP contribution < -0.4 is 11.1 Å². The molecule has 4 nitrogen and oxygen atoms in total. The molecule has 1 amide bonds. The summed E-state index contributed by atoms with van der Waals surface area (Å²) < 4.78 is 5.18. The van der Waals surface area contributed by atoms with Crippen LogP contribution in [0.3, 0.4) is 0 Å². The second kappa shape index (κ2) is 6.37. The van der Waals surface area contributed by atoms with Gasteiger partial charge in [0.2, 0.25) is 0 Å². The third kappa shape index (κ3) is 3.57. The quantitative estimate of drug-likeness (QED) is 0.792. The minimum absolute atomic E-state index is 0.0436. The number of hydrogen-bond acceptors (Lipinski definition) is 3. The zero-order valence-electron chi connectivity index (χ0n) is 11.0. The van der Waals surface area contributed by atoms with E-state index in [0.29, 0.717) is 18.2 Å². The number of carbonyl (C=O) groups excluding carboxylic acids is 1. The lowest BCUT2D eigenvalue weighted by Crippen LogP contribution is -2.47. The highest BCUT2D eigenvalue weighted by atomic mass is 16.5. The summed E-state index contributed by atoms with van der Waals surface area (Å²) in [6, 6.07) is 7.45. The molecule has 1 fully saturated rings. The first kappa shape index (κ1) is 13.6. The van der Waals surface area contributed by atoms with Crippen LogP contribution in [0.1, 0.15) is 28.8 Å². The number of methoxy groups -OCH3 is 1. The van der Waals surface area contributed by atoms with E-state index < -0.39 is 0 Å². The summed E-state index contributed by atoms with van der Waals surface area (Å²) in [5.74, 6) is 5.66. The maximum Gasteiger partial charge on any atom is 0.251 e. The fourth-order valence-electron chi connectivity index (χ4n) is 2.00. The number of benzene rings is 1. The van der Waals surface area contributed by atoms with E-state index >= 15 is 0 Å². The molecule has 0 heterocycles. The smallest absolute Gasteiger partial charge is 0.251 e. The number of ether oxygens (including phenoxy) is 1. The second-order valence-corrected chi connectivity index (χ2v) is 4.58. The zero-order chi connectivity index (χ0) is 13.7. The Bertz CT molecular complexity index is 493. The molecule has 0 radical (unpaired) electrons. The van der Waals surface area contributed by atoms with Crippen LogP contribution in [0.4, 0.5) is 0 Å². The SMILES string of the molecule is COC1CC(NC(=O)c2ccc(C#CCN)cc2)C1. The van der Waals surface area contributed by atoms with Crippen LogP contribution in [0.25, 0.3) is 0 Å². The molecule has 0 aliphatic heterocycles. The number of nitrogens with one attached hydrogen (secondary N) is 1. The van der Waals surface area contributed by atoms with E-state index in [2.05, 4.69) is 17.2 Å².